The van der Waals surface area contributed by atoms with Gasteiger partial charge in [-0.1, -0.05) is 109 Å². The number of fused-ring (bicyclic) bond motifs is 1. The van der Waals surface area contributed by atoms with E-state index in [4.69, 9.17) is 19.0 Å². The van der Waals surface area contributed by atoms with Gasteiger partial charge in [0.15, 0.2) is 17.0 Å². The van der Waals surface area contributed by atoms with Crippen molar-refractivity contribution in [1.29, 1.82) is 0 Å². The third kappa shape index (κ3) is 9.19. The van der Waals surface area contributed by atoms with Gasteiger partial charge in [-0.2, -0.15) is 8.62 Å². The molecule has 0 radical (unpaired) electrons. The molecule has 3 heterocycles. The standard InChI is InChI=1S/C36H35N6O12P3/c43-35(26-13-5-1-6-14-26)40-33-32-34(38-24-37-33)42(25-39-32)31-22-41(21-30(52-31)23-51-56(47,48)54-57(49,50)53-55(44,45)46)36(27-15-7-2-8-16-27,28-17-9-3-10-18-28)29-19-11-4-12-20-29/h1-20,24-25,30-31H,21-23H2,(H,47,48)(H,49,50)(H2,44,45,46)(H,37,38,40,43). The van der Waals surface area contributed by atoms with Gasteiger partial charge in [-0.15, -0.1) is 0 Å². The summed E-state index contributed by atoms with van der Waals surface area (Å²) in [6, 6.07) is 37.5. The topological polar surface area (TPSA) is 245 Å². The van der Waals surface area contributed by atoms with Gasteiger partial charge in [0.25, 0.3) is 5.91 Å². The molecule has 0 aliphatic carbocycles. The number of aromatic nitrogens is 4. The number of hydrogen-bond acceptors (Lipinski definition) is 12. The van der Waals surface area contributed by atoms with Crippen LogP contribution in [-0.2, 0) is 37.1 Å². The van der Waals surface area contributed by atoms with Crippen LogP contribution < -0.4 is 5.32 Å². The fraction of sp³-hybridized carbons (Fsp3) is 0.167. The van der Waals surface area contributed by atoms with Crippen LogP contribution in [0.4, 0.5) is 5.82 Å². The molecule has 2 aromatic heterocycles. The normalized spacial score (nSPS) is 18.7. The van der Waals surface area contributed by atoms with E-state index in [-0.39, 0.29) is 30.1 Å². The second-order valence-electron chi connectivity index (χ2n) is 12.7. The molecule has 1 fully saturated rings. The monoisotopic (exact) mass is 836 g/mol. The summed E-state index contributed by atoms with van der Waals surface area (Å²) in [5, 5.41) is 2.78. The maximum atomic E-state index is 13.1. The van der Waals surface area contributed by atoms with E-state index in [0.717, 1.165) is 16.7 Å². The first kappa shape index (κ1) is 40.4. The molecule has 0 spiro atoms. The quantitative estimate of drug-likeness (QED) is 0.0661. The Kier molecular flexibility index (Phi) is 11.8. The van der Waals surface area contributed by atoms with E-state index >= 15 is 0 Å². The first-order chi connectivity index (χ1) is 27.2. The van der Waals surface area contributed by atoms with Crippen LogP contribution in [0.5, 0.6) is 0 Å². The highest BCUT2D eigenvalue weighted by Crippen LogP contribution is 2.66. The molecule has 4 aromatic carbocycles. The summed E-state index contributed by atoms with van der Waals surface area (Å²) in [4.78, 5) is 66.6. The van der Waals surface area contributed by atoms with Crippen LogP contribution in [0.15, 0.2) is 134 Å². The summed E-state index contributed by atoms with van der Waals surface area (Å²) in [6.45, 7) is -0.568. The zero-order chi connectivity index (χ0) is 40.3. The maximum Gasteiger partial charge on any atom is 0.490 e. The molecule has 0 saturated carbocycles. The molecule has 4 atom stereocenters. The van der Waals surface area contributed by atoms with Crippen LogP contribution in [0.2, 0.25) is 0 Å². The molecular weight excluding hydrogens is 801 g/mol. The number of morpholine rings is 1. The summed E-state index contributed by atoms with van der Waals surface area (Å²) >= 11 is 0. The van der Waals surface area contributed by atoms with E-state index < -0.39 is 53.9 Å². The van der Waals surface area contributed by atoms with Crippen molar-refractivity contribution < 1.29 is 55.9 Å². The summed E-state index contributed by atoms with van der Waals surface area (Å²) in [7, 11) is -16.9. The molecule has 1 aliphatic heterocycles. The number of benzene rings is 4. The molecule has 0 bridgehead atoms. The third-order valence-electron chi connectivity index (χ3n) is 8.98. The zero-order valence-corrected chi connectivity index (χ0v) is 32.3. The average Bonchev–Trinajstić information content (AvgIpc) is 3.63. The predicted octanol–water partition coefficient (Wildman–Crippen LogP) is 5.61. The second kappa shape index (κ2) is 16.6. The van der Waals surface area contributed by atoms with Crippen molar-refractivity contribution >= 4 is 46.4 Å². The molecule has 1 aliphatic rings. The molecule has 6 aromatic rings. The third-order valence-corrected chi connectivity index (χ3v) is 12.8. The molecule has 21 heteroatoms. The number of amides is 1. The van der Waals surface area contributed by atoms with E-state index in [2.05, 4.69) is 33.8 Å². The van der Waals surface area contributed by atoms with Gasteiger partial charge in [-0.05, 0) is 28.8 Å². The highest BCUT2D eigenvalue weighted by atomic mass is 31.3. The number of ether oxygens (including phenoxy) is 1. The lowest BCUT2D eigenvalue weighted by Gasteiger charge is -2.50. The Hall–Kier alpha value is -4.77. The summed E-state index contributed by atoms with van der Waals surface area (Å²) in [5.41, 5.74) is 2.45. The van der Waals surface area contributed by atoms with Crippen molar-refractivity contribution in [2.45, 2.75) is 17.9 Å². The minimum absolute atomic E-state index is 0.0188. The average molecular weight is 837 g/mol. The van der Waals surface area contributed by atoms with Gasteiger partial charge < -0.3 is 29.6 Å². The Morgan fingerprint density at radius 1 is 0.737 bits per heavy atom. The Bertz CT molecular complexity index is 2380. The molecule has 296 valence electrons. The maximum absolute atomic E-state index is 13.1. The summed E-state index contributed by atoms with van der Waals surface area (Å²) in [5.74, 6) is -0.285. The Labute approximate surface area is 325 Å². The number of anilines is 1. The van der Waals surface area contributed by atoms with Crippen molar-refractivity contribution in [1.82, 2.24) is 24.4 Å². The summed E-state index contributed by atoms with van der Waals surface area (Å²) in [6.07, 6.45) is 0.666. The largest absolute Gasteiger partial charge is 0.490 e. The molecule has 1 amide bonds. The number of imidazole rings is 1. The molecule has 5 N–H and O–H groups in total. The van der Waals surface area contributed by atoms with E-state index in [0.29, 0.717) is 5.56 Å². The van der Waals surface area contributed by atoms with Crippen molar-refractivity contribution in [3.63, 3.8) is 0 Å². The van der Waals surface area contributed by atoms with Crippen LogP contribution in [-0.4, -0.2) is 75.7 Å². The van der Waals surface area contributed by atoms with Crippen molar-refractivity contribution in [3.05, 3.63) is 156 Å². The molecule has 57 heavy (non-hydrogen) atoms. The van der Waals surface area contributed by atoms with E-state index in [9.17, 15) is 28.3 Å². The van der Waals surface area contributed by atoms with Gasteiger partial charge in [0.05, 0.1) is 24.6 Å². The van der Waals surface area contributed by atoms with Crippen LogP contribution in [0.25, 0.3) is 11.2 Å². The minimum atomic E-state index is -5.79. The number of hydrogen-bond donors (Lipinski definition) is 5. The van der Waals surface area contributed by atoms with Crippen LogP contribution in [0.3, 0.4) is 0 Å². The van der Waals surface area contributed by atoms with Crippen LogP contribution in [0, 0.1) is 0 Å². The lowest BCUT2D eigenvalue weighted by Crippen LogP contribution is -2.57. The number of nitrogens with zero attached hydrogens (tertiary/aromatic N) is 5. The number of carbonyl (C=O) groups is 1. The van der Waals surface area contributed by atoms with Gasteiger partial charge in [-0.25, -0.2) is 28.6 Å². The molecule has 4 unspecified atom stereocenters. The second-order valence-corrected chi connectivity index (χ2v) is 17.1. The van der Waals surface area contributed by atoms with Gasteiger partial charge in [0.1, 0.15) is 12.6 Å². The fourth-order valence-electron chi connectivity index (χ4n) is 6.83. The molecule has 7 rings (SSSR count). The smallest absolute Gasteiger partial charge is 0.350 e. The minimum Gasteiger partial charge on any atom is -0.350 e. The highest BCUT2D eigenvalue weighted by molar-refractivity contribution is 7.66. The first-order valence-electron chi connectivity index (χ1n) is 17.1. The summed E-state index contributed by atoms with van der Waals surface area (Å²) < 4.78 is 57.4. The van der Waals surface area contributed by atoms with Gasteiger partial charge >= 0.3 is 23.5 Å². The van der Waals surface area contributed by atoms with E-state index in [1.54, 1.807) is 34.9 Å². The van der Waals surface area contributed by atoms with Crippen molar-refractivity contribution in [2.75, 3.05) is 25.0 Å². The number of carbonyl (C=O) groups excluding carboxylic acids is 1. The van der Waals surface area contributed by atoms with Crippen LogP contribution >= 0.6 is 23.5 Å². The van der Waals surface area contributed by atoms with Crippen molar-refractivity contribution in [3.8, 4) is 0 Å². The fourth-order valence-corrected chi connectivity index (χ4v) is 9.88. The molecular formula is C36H35N6O12P3. The zero-order valence-electron chi connectivity index (χ0n) is 29.6. The Morgan fingerprint density at radius 2 is 1.28 bits per heavy atom. The van der Waals surface area contributed by atoms with Gasteiger partial charge in [0, 0.05) is 18.7 Å². The Morgan fingerprint density at radius 3 is 1.82 bits per heavy atom. The van der Waals surface area contributed by atoms with E-state index in [1.165, 1.54) is 12.7 Å². The first-order valence-corrected chi connectivity index (χ1v) is 21.7. The molecule has 1 saturated heterocycles. The predicted molar refractivity (Wildman–Crippen MR) is 204 cm³/mol. The number of nitrogens with one attached hydrogen (secondary N) is 1. The lowest BCUT2D eigenvalue weighted by atomic mass is 9.75. The molecule has 18 nitrogen and oxygen atoms in total. The Balaban J connectivity index is 1.31. The highest BCUT2D eigenvalue weighted by Gasteiger charge is 2.48. The number of phosphoric acid groups is 3. The van der Waals surface area contributed by atoms with Crippen molar-refractivity contribution in [2.24, 2.45) is 0 Å². The van der Waals surface area contributed by atoms with E-state index in [1.807, 2.05) is 91.0 Å². The van der Waals surface area contributed by atoms with Gasteiger partial charge in [0.2, 0.25) is 0 Å². The number of phosphoric ester groups is 1. The van der Waals surface area contributed by atoms with Crippen LogP contribution in [0.1, 0.15) is 33.3 Å². The SMILES string of the molecule is O=C(Nc1ncnc2c1ncn2C1CN(C(c2ccccc2)(c2ccccc2)c2ccccc2)CC(COP(=O)(O)OP(=O)(O)OP(=O)(O)O)O1)c1ccccc1. The van der Waals surface area contributed by atoms with Gasteiger partial charge in [-0.3, -0.25) is 18.8 Å². The lowest BCUT2D eigenvalue weighted by molar-refractivity contribution is -0.147. The number of rotatable bonds is 14.